The summed E-state index contributed by atoms with van der Waals surface area (Å²) < 4.78 is 0. The van der Waals surface area contributed by atoms with Crippen molar-refractivity contribution in [2.75, 3.05) is 0 Å². The van der Waals surface area contributed by atoms with Crippen LogP contribution in [0, 0.1) is 6.92 Å². The molecule has 88 valence electrons. The van der Waals surface area contributed by atoms with Crippen molar-refractivity contribution in [1.29, 1.82) is 0 Å². The maximum atomic E-state index is 9.52. The van der Waals surface area contributed by atoms with Crippen molar-refractivity contribution in [2.24, 2.45) is 0 Å². The van der Waals surface area contributed by atoms with E-state index >= 15 is 0 Å². The van der Waals surface area contributed by atoms with Crippen molar-refractivity contribution < 1.29 is 5.11 Å². The number of aromatic hydroxyl groups is 1. The first-order valence-electron chi connectivity index (χ1n) is 5.48. The van der Waals surface area contributed by atoms with Crippen LogP contribution >= 0.6 is 0 Å². The van der Waals surface area contributed by atoms with Crippen LogP contribution in [0.5, 0.6) is 5.88 Å². The second-order valence-electron chi connectivity index (χ2n) is 3.99. The number of benzene rings is 1. The van der Waals surface area contributed by atoms with Crippen molar-refractivity contribution in [2.45, 2.75) is 6.92 Å². The van der Waals surface area contributed by atoms with Crippen molar-refractivity contribution in [3.05, 3.63) is 42.4 Å². The Bertz CT molecular complexity index is 727. The van der Waals surface area contributed by atoms with E-state index in [0.29, 0.717) is 11.2 Å². The summed E-state index contributed by atoms with van der Waals surface area (Å²) in [4.78, 5) is 16.2. The second kappa shape index (κ2) is 4.03. The normalized spacial score (nSPS) is 10.7. The molecule has 0 radical (unpaired) electrons. The zero-order valence-electron chi connectivity index (χ0n) is 9.70. The van der Waals surface area contributed by atoms with Crippen LogP contribution in [0.25, 0.3) is 22.4 Å². The van der Waals surface area contributed by atoms with Gasteiger partial charge >= 0.3 is 0 Å². The topological polar surface area (TPSA) is 71.8 Å². The first kappa shape index (κ1) is 10.6. The molecule has 5 nitrogen and oxygen atoms in total. The van der Waals surface area contributed by atoms with Crippen LogP contribution in [-0.4, -0.2) is 25.0 Å². The molecule has 2 aromatic heterocycles. The molecule has 0 aliphatic rings. The van der Waals surface area contributed by atoms with Gasteiger partial charge in [0.2, 0.25) is 5.88 Å². The Morgan fingerprint density at radius 3 is 2.83 bits per heavy atom. The van der Waals surface area contributed by atoms with Crippen molar-refractivity contribution >= 4 is 11.2 Å². The highest BCUT2D eigenvalue weighted by Crippen LogP contribution is 2.21. The summed E-state index contributed by atoms with van der Waals surface area (Å²) in [6, 6.07) is 7.97. The maximum absolute atomic E-state index is 9.52. The van der Waals surface area contributed by atoms with E-state index in [4.69, 9.17) is 0 Å². The highest BCUT2D eigenvalue weighted by molar-refractivity contribution is 5.77. The van der Waals surface area contributed by atoms with E-state index in [1.165, 1.54) is 6.33 Å². The monoisotopic (exact) mass is 238 g/mol. The first-order valence-corrected chi connectivity index (χ1v) is 5.48. The number of hydrogen-bond acceptors (Lipinski definition) is 5. The zero-order valence-corrected chi connectivity index (χ0v) is 9.70. The van der Waals surface area contributed by atoms with E-state index in [-0.39, 0.29) is 5.88 Å². The molecule has 3 aromatic rings. The van der Waals surface area contributed by atoms with Crippen molar-refractivity contribution in [3.63, 3.8) is 0 Å². The molecule has 0 unspecified atom stereocenters. The molecule has 0 amide bonds. The third-order valence-corrected chi connectivity index (χ3v) is 2.64. The Kier molecular flexibility index (Phi) is 2.37. The molecule has 1 N–H and O–H groups in total. The van der Waals surface area contributed by atoms with Gasteiger partial charge in [0.1, 0.15) is 6.33 Å². The quantitative estimate of drug-likeness (QED) is 0.702. The molecule has 0 saturated carbocycles. The molecule has 2 heterocycles. The second-order valence-corrected chi connectivity index (χ2v) is 3.99. The fourth-order valence-electron chi connectivity index (χ4n) is 1.77. The van der Waals surface area contributed by atoms with E-state index in [1.54, 1.807) is 6.20 Å². The highest BCUT2D eigenvalue weighted by Gasteiger charge is 2.07. The minimum Gasteiger partial charge on any atom is -0.492 e. The lowest BCUT2D eigenvalue weighted by molar-refractivity contribution is 0.457. The van der Waals surface area contributed by atoms with E-state index in [2.05, 4.69) is 19.9 Å². The van der Waals surface area contributed by atoms with Gasteiger partial charge in [-0.25, -0.2) is 15.0 Å². The molecule has 1 aromatic carbocycles. The molecule has 0 spiro atoms. The third-order valence-electron chi connectivity index (χ3n) is 2.64. The smallest absolute Gasteiger partial charge is 0.242 e. The summed E-state index contributed by atoms with van der Waals surface area (Å²) in [5, 5.41) is 9.52. The molecule has 0 aliphatic heterocycles. The Morgan fingerprint density at radius 2 is 2.00 bits per heavy atom. The molecular weight excluding hydrogens is 228 g/mol. The fourth-order valence-corrected chi connectivity index (χ4v) is 1.77. The highest BCUT2D eigenvalue weighted by atomic mass is 16.3. The maximum Gasteiger partial charge on any atom is 0.242 e. The summed E-state index contributed by atoms with van der Waals surface area (Å²) in [5.41, 5.74) is 3.56. The van der Waals surface area contributed by atoms with E-state index in [1.807, 2.05) is 31.2 Å². The summed E-state index contributed by atoms with van der Waals surface area (Å²) in [7, 11) is 0. The first-order chi connectivity index (χ1) is 8.74. The van der Waals surface area contributed by atoms with Gasteiger partial charge in [-0.15, -0.1) is 0 Å². The summed E-state index contributed by atoms with van der Waals surface area (Å²) in [5.74, 6) is -0.150. The summed E-state index contributed by atoms with van der Waals surface area (Å²) in [6.07, 6.45) is 2.88. The number of fused-ring (bicyclic) bond motifs is 1. The van der Waals surface area contributed by atoms with Gasteiger partial charge < -0.3 is 5.11 Å². The van der Waals surface area contributed by atoms with Gasteiger partial charge in [-0.05, 0) is 13.0 Å². The van der Waals surface area contributed by atoms with Crippen LogP contribution < -0.4 is 0 Å². The Morgan fingerprint density at radius 1 is 1.11 bits per heavy atom. The van der Waals surface area contributed by atoms with Gasteiger partial charge in [-0.3, -0.25) is 0 Å². The molecule has 3 rings (SSSR count). The molecule has 0 atom stereocenters. The molecule has 0 bridgehead atoms. The average molecular weight is 238 g/mol. The molecule has 0 fully saturated rings. The standard InChI is InChI=1S/C13H10N4O/c1-8-3-2-4-9(5-8)10-6-14-11-12(17-10)15-7-16-13(11)18/h2-7H,1H3,(H,15,16,17,18). The lowest BCUT2D eigenvalue weighted by atomic mass is 10.1. The van der Waals surface area contributed by atoms with Crippen LogP contribution in [0.15, 0.2) is 36.8 Å². The predicted molar refractivity (Wildman–Crippen MR) is 67.0 cm³/mol. The average Bonchev–Trinajstić information content (AvgIpc) is 2.39. The van der Waals surface area contributed by atoms with Crippen LogP contribution in [-0.2, 0) is 0 Å². The third kappa shape index (κ3) is 1.75. The largest absolute Gasteiger partial charge is 0.492 e. The van der Waals surface area contributed by atoms with E-state index < -0.39 is 0 Å². The van der Waals surface area contributed by atoms with Crippen LogP contribution in [0.2, 0.25) is 0 Å². The van der Waals surface area contributed by atoms with Gasteiger partial charge in [0.25, 0.3) is 0 Å². The van der Waals surface area contributed by atoms with Crippen LogP contribution in [0.4, 0.5) is 0 Å². The Balaban J connectivity index is 2.20. The minimum atomic E-state index is -0.150. The summed E-state index contributed by atoms with van der Waals surface area (Å²) >= 11 is 0. The molecular formula is C13H10N4O. The lowest BCUT2D eigenvalue weighted by Crippen LogP contribution is -1.93. The van der Waals surface area contributed by atoms with Crippen molar-refractivity contribution in [1.82, 2.24) is 19.9 Å². The van der Waals surface area contributed by atoms with Crippen LogP contribution in [0.1, 0.15) is 5.56 Å². The minimum absolute atomic E-state index is 0.150. The van der Waals surface area contributed by atoms with Gasteiger partial charge in [-0.2, -0.15) is 4.98 Å². The fraction of sp³-hybridized carbons (Fsp3) is 0.0769. The number of aryl methyl sites for hydroxylation is 1. The Labute approximate surface area is 103 Å². The van der Waals surface area contributed by atoms with Gasteiger partial charge in [-0.1, -0.05) is 23.8 Å². The van der Waals surface area contributed by atoms with E-state index in [9.17, 15) is 5.11 Å². The SMILES string of the molecule is Cc1cccc(-c2cnc3c(O)ncnc3n2)c1. The molecule has 0 aliphatic carbocycles. The van der Waals surface area contributed by atoms with Crippen LogP contribution in [0.3, 0.4) is 0 Å². The predicted octanol–water partition coefficient (Wildman–Crippen LogP) is 2.10. The number of hydrogen-bond donors (Lipinski definition) is 1. The molecule has 0 saturated heterocycles. The van der Waals surface area contributed by atoms with Gasteiger partial charge in [0, 0.05) is 5.56 Å². The number of rotatable bonds is 1. The Hall–Kier alpha value is -2.56. The van der Waals surface area contributed by atoms with E-state index in [0.717, 1.165) is 16.8 Å². The van der Waals surface area contributed by atoms with Gasteiger partial charge in [0.15, 0.2) is 11.2 Å². The van der Waals surface area contributed by atoms with Crippen molar-refractivity contribution in [3.8, 4) is 17.1 Å². The summed E-state index contributed by atoms with van der Waals surface area (Å²) in [6.45, 7) is 2.02. The number of aromatic nitrogens is 4. The molecule has 18 heavy (non-hydrogen) atoms. The number of nitrogens with zero attached hydrogens (tertiary/aromatic N) is 4. The lowest BCUT2D eigenvalue weighted by Gasteiger charge is -2.03. The molecule has 5 heteroatoms. The zero-order chi connectivity index (χ0) is 12.5. The van der Waals surface area contributed by atoms with Gasteiger partial charge in [0.05, 0.1) is 11.9 Å².